The average Bonchev–Trinajstić information content (AvgIpc) is 3.75. The molecule has 10 rings (SSSR count). The molecular formula is C50H36N4. The van der Waals surface area contributed by atoms with Crippen LogP contribution in [0.4, 0.5) is 5.69 Å². The number of aliphatic imine (C=N–C) groups is 1. The Labute approximate surface area is 313 Å². The van der Waals surface area contributed by atoms with Crippen molar-refractivity contribution in [3.8, 4) is 27.9 Å². The molecule has 0 amide bonds. The van der Waals surface area contributed by atoms with Gasteiger partial charge >= 0.3 is 0 Å². The lowest BCUT2D eigenvalue weighted by Crippen LogP contribution is -2.11. The third-order valence-corrected chi connectivity index (χ3v) is 10.7. The van der Waals surface area contributed by atoms with Gasteiger partial charge in [0.2, 0.25) is 0 Å². The summed E-state index contributed by atoms with van der Waals surface area (Å²) in [5, 5.41) is 4.83. The summed E-state index contributed by atoms with van der Waals surface area (Å²) >= 11 is 0. The van der Waals surface area contributed by atoms with Crippen molar-refractivity contribution in [2.24, 2.45) is 10.7 Å². The van der Waals surface area contributed by atoms with Crippen LogP contribution in [-0.4, -0.2) is 15.5 Å². The number of nitrogens with zero attached hydrogens (tertiary/aromatic N) is 3. The first-order valence-corrected chi connectivity index (χ1v) is 18.4. The molecule has 0 saturated carbocycles. The van der Waals surface area contributed by atoms with Crippen molar-refractivity contribution in [2.75, 3.05) is 0 Å². The first-order valence-electron chi connectivity index (χ1n) is 18.4. The molecule has 2 heterocycles. The van der Waals surface area contributed by atoms with Crippen LogP contribution in [0.25, 0.3) is 71.6 Å². The summed E-state index contributed by atoms with van der Waals surface area (Å²) < 4.78 is 4.57. The molecule has 256 valence electrons. The van der Waals surface area contributed by atoms with Gasteiger partial charge in [-0.15, -0.1) is 0 Å². The maximum Gasteiger partial charge on any atom is 0.100 e. The molecule has 0 bridgehead atoms. The average molecular weight is 693 g/mol. The second-order valence-electron chi connectivity index (χ2n) is 13.8. The second kappa shape index (κ2) is 13.2. The van der Waals surface area contributed by atoms with E-state index in [1.54, 1.807) is 0 Å². The molecule has 1 unspecified atom stereocenters. The van der Waals surface area contributed by atoms with Crippen molar-refractivity contribution in [2.45, 2.75) is 6.04 Å². The quantitative estimate of drug-likeness (QED) is 0.131. The molecule has 4 heteroatoms. The highest BCUT2D eigenvalue weighted by Crippen LogP contribution is 2.38. The van der Waals surface area contributed by atoms with E-state index in [0.717, 1.165) is 33.5 Å². The van der Waals surface area contributed by atoms with Gasteiger partial charge in [0.15, 0.2) is 0 Å². The van der Waals surface area contributed by atoms with E-state index in [1.165, 1.54) is 54.8 Å². The van der Waals surface area contributed by atoms with E-state index in [2.05, 4.69) is 167 Å². The van der Waals surface area contributed by atoms with Crippen molar-refractivity contribution in [1.82, 2.24) is 9.13 Å². The third kappa shape index (κ3) is 5.40. The van der Waals surface area contributed by atoms with E-state index in [9.17, 15) is 0 Å². The Morgan fingerprint density at radius 2 is 0.926 bits per heavy atom. The van der Waals surface area contributed by atoms with Crippen LogP contribution in [-0.2, 0) is 0 Å². The van der Waals surface area contributed by atoms with Gasteiger partial charge in [0, 0.05) is 27.2 Å². The van der Waals surface area contributed by atoms with Gasteiger partial charge in [-0.3, -0.25) is 4.57 Å². The molecule has 2 N–H and O–H groups in total. The van der Waals surface area contributed by atoms with Crippen molar-refractivity contribution in [3.05, 3.63) is 205 Å². The van der Waals surface area contributed by atoms with Crippen LogP contribution < -0.4 is 5.73 Å². The van der Waals surface area contributed by atoms with Crippen LogP contribution >= 0.6 is 0 Å². The molecule has 1 atom stereocenters. The Morgan fingerprint density at radius 3 is 1.61 bits per heavy atom. The van der Waals surface area contributed by atoms with Gasteiger partial charge in [-0.25, -0.2) is 4.99 Å². The van der Waals surface area contributed by atoms with Gasteiger partial charge in [0.25, 0.3) is 0 Å². The predicted octanol–water partition coefficient (Wildman–Crippen LogP) is 12.5. The van der Waals surface area contributed by atoms with Crippen molar-refractivity contribution < 1.29 is 0 Å². The molecule has 0 fully saturated rings. The van der Waals surface area contributed by atoms with Crippen LogP contribution in [0.2, 0.25) is 0 Å². The molecule has 0 aliphatic rings. The van der Waals surface area contributed by atoms with Gasteiger partial charge < -0.3 is 10.3 Å². The Kier molecular flexibility index (Phi) is 7.75. The summed E-state index contributed by atoms with van der Waals surface area (Å²) in [6.07, 6.45) is 1.95. The van der Waals surface area contributed by atoms with Crippen LogP contribution in [0, 0.1) is 0 Å². The number of rotatable bonds is 7. The van der Waals surface area contributed by atoms with E-state index in [4.69, 9.17) is 10.7 Å². The van der Waals surface area contributed by atoms with Crippen molar-refractivity contribution in [3.63, 3.8) is 0 Å². The van der Waals surface area contributed by atoms with Crippen molar-refractivity contribution in [1.29, 1.82) is 0 Å². The van der Waals surface area contributed by atoms with E-state index in [0.29, 0.717) is 0 Å². The lowest BCUT2D eigenvalue weighted by Gasteiger charge is -2.14. The van der Waals surface area contributed by atoms with Gasteiger partial charge in [-0.1, -0.05) is 133 Å². The zero-order chi connectivity index (χ0) is 36.0. The number of para-hydroxylation sites is 3. The Bertz CT molecular complexity index is 2990. The number of aromatic nitrogens is 2. The molecular weight excluding hydrogens is 657 g/mol. The van der Waals surface area contributed by atoms with Crippen LogP contribution in [0.3, 0.4) is 0 Å². The molecule has 8 aromatic carbocycles. The van der Waals surface area contributed by atoms with Crippen LogP contribution in [0.1, 0.15) is 17.2 Å². The van der Waals surface area contributed by atoms with Gasteiger partial charge in [-0.2, -0.15) is 0 Å². The maximum absolute atomic E-state index is 6.81. The fourth-order valence-corrected chi connectivity index (χ4v) is 8.00. The van der Waals surface area contributed by atoms with Crippen molar-refractivity contribution >= 4 is 55.6 Å². The fourth-order valence-electron chi connectivity index (χ4n) is 8.00. The summed E-state index contributed by atoms with van der Waals surface area (Å²) in [6, 6.07) is 68.4. The van der Waals surface area contributed by atoms with E-state index >= 15 is 0 Å². The maximum atomic E-state index is 6.81. The molecule has 0 saturated heterocycles. The first-order chi connectivity index (χ1) is 26.7. The predicted molar refractivity (Wildman–Crippen MR) is 227 cm³/mol. The minimum atomic E-state index is -0.284. The highest BCUT2D eigenvalue weighted by Gasteiger charge is 2.17. The van der Waals surface area contributed by atoms with Gasteiger partial charge in [0.05, 0.1) is 33.8 Å². The van der Waals surface area contributed by atoms with Gasteiger partial charge in [-0.05, 0) is 94.0 Å². The van der Waals surface area contributed by atoms with Crippen LogP contribution in [0.5, 0.6) is 0 Å². The molecule has 10 aromatic rings. The number of hydrogen-bond donors (Lipinski definition) is 1. The molecule has 54 heavy (non-hydrogen) atoms. The second-order valence-corrected chi connectivity index (χ2v) is 13.8. The largest absolute Gasteiger partial charge is 0.320 e. The lowest BCUT2D eigenvalue weighted by molar-refractivity contribution is 0.871. The summed E-state index contributed by atoms with van der Waals surface area (Å²) in [5.74, 6) is 0. The van der Waals surface area contributed by atoms with E-state index in [-0.39, 0.29) is 6.04 Å². The topological polar surface area (TPSA) is 48.2 Å². The summed E-state index contributed by atoms with van der Waals surface area (Å²) in [6.45, 7) is 0. The third-order valence-electron chi connectivity index (χ3n) is 10.7. The van der Waals surface area contributed by atoms with Crippen LogP contribution in [0.15, 0.2) is 199 Å². The zero-order valence-corrected chi connectivity index (χ0v) is 29.5. The normalized spacial score (nSPS) is 12.4. The zero-order valence-electron chi connectivity index (χ0n) is 29.5. The number of hydrogen-bond acceptors (Lipinski definition) is 2. The molecule has 0 spiro atoms. The minimum Gasteiger partial charge on any atom is -0.320 e. The minimum absolute atomic E-state index is 0.284. The summed E-state index contributed by atoms with van der Waals surface area (Å²) in [7, 11) is 0. The number of fused-ring (bicyclic) bond motifs is 6. The first kappa shape index (κ1) is 31.7. The SMILES string of the molecule is NC(c1ccccc1)c1ccccc1N=Cn1c2ccc(-c3ccccc3)cc2c2cc(-c3ccc4c(c3)c3ccccc3n4-c3ccccc3)ccc21. The molecule has 2 aromatic heterocycles. The van der Waals surface area contributed by atoms with E-state index < -0.39 is 0 Å². The number of nitrogens with two attached hydrogens (primary N) is 1. The van der Waals surface area contributed by atoms with Gasteiger partial charge in [0.1, 0.15) is 6.34 Å². The molecule has 4 nitrogen and oxygen atoms in total. The number of benzene rings is 8. The molecule has 0 aliphatic carbocycles. The lowest BCUT2D eigenvalue weighted by atomic mass is 9.98. The summed E-state index contributed by atoms with van der Waals surface area (Å²) in [4.78, 5) is 5.10. The molecule has 0 aliphatic heterocycles. The Hall–Kier alpha value is -7.01. The fraction of sp³-hybridized carbons (Fsp3) is 0.0200. The summed E-state index contributed by atoms with van der Waals surface area (Å²) in [5.41, 5.74) is 20.2. The Morgan fingerprint density at radius 1 is 0.426 bits per heavy atom. The monoisotopic (exact) mass is 692 g/mol. The highest BCUT2D eigenvalue weighted by atomic mass is 15.0. The van der Waals surface area contributed by atoms with E-state index in [1.807, 2.05) is 42.7 Å². The Balaban J connectivity index is 1.13. The highest BCUT2D eigenvalue weighted by molar-refractivity contribution is 6.14. The smallest absolute Gasteiger partial charge is 0.100 e. The molecule has 0 radical (unpaired) electrons. The standard InChI is InChI=1S/C50H36N4/c51-50(35-16-6-2-7-17-35)41-21-10-12-22-45(41)52-33-53-46-27-24-36(34-14-4-1-5-15-34)30-43(46)44-32-37(25-28-47(44)53)38-26-29-49-42(31-38)40-20-11-13-23-48(40)54(49)39-18-8-3-9-19-39/h1-33,50H,51H2.